The number of ether oxygens (including phenoxy) is 3. The predicted molar refractivity (Wildman–Crippen MR) is 80.2 cm³/mol. The fourth-order valence-corrected chi connectivity index (χ4v) is 2.39. The van der Waals surface area contributed by atoms with Gasteiger partial charge < -0.3 is 14.2 Å². The summed E-state index contributed by atoms with van der Waals surface area (Å²) in [5.41, 5.74) is 0.992. The van der Waals surface area contributed by atoms with Crippen molar-refractivity contribution < 1.29 is 18.6 Å². The van der Waals surface area contributed by atoms with Crippen LogP contribution in [0.2, 0.25) is 0 Å². The van der Waals surface area contributed by atoms with E-state index in [1.165, 1.54) is 13.2 Å². The minimum atomic E-state index is -0.694. The van der Waals surface area contributed by atoms with E-state index in [-0.39, 0.29) is 0 Å². The van der Waals surface area contributed by atoms with E-state index in [0.717, 1.165) is 0 Å². The van der Waals surface area contributed by atoms with Crippen LogP contribution in [-0.2, 0) is 0 Å². The Kier molecular flexibility index (Phi) is 4.91. The van der Waals surface area contributed by atoms with Gasteiger partial charge in [-0.25, -0.2) is 4.39 Å². The van der Waals surface area contributed by atoms with Gasteiger partial charge in [-0.1, -0.05) is 6.07 Å². The topological polar surface area (TPSA) is 27.7 Å². The molecular formula is C16H16ClFO3. The molecule has 0 amide bonds. The highest BCUT2D eigenvalue weighted by Crippen LogP contribution is 2.38. The number of hydrogen-bond donors (Lipinski definition) is 0. The van der Waals surface area contributed by atoms with E-state index in [2.05, 4.69) is 0 Å². The molecule has 5 heteroatoms. The van der Waals surface area contributed by atoms with E-state index in [9.17, 15) is 4.39 Å². The van der Waals surface area contributed by atoms with Crippen LogP contribution in [0.25, 0.3) is 0 Å². The van der Waals surface area contributed by atoms with Crippen molar-refractivity contribution in [1.29, 1.82) is 0 Å². The van der Waals surface area contributed by atoms with Crippen LogP contribution in [0.3, 0.4) is 0 Å². The highest BCUT2D eigenvalue weighted by molar-refractivity contribution is 6.22. The Labute approximate surface area is 128 Å². The lowest BCUT2D eigenvalue weighted by Gasteiger charge is -2.16. The Morgan fingerprint density at radius 2 is 1.48 bits per heavy atom. The van der Waals surface area contributed by atoms with Crippen molar-refractivity contribution in [3.8, 4) is 17.2 Å². The van der Waals surface area contributed by atoms with Crippen molar-refractivity contribution >= 4 is 11.6 Å². The molecule has 112 valence electrons. The van der Waals surface area contributed by atoms with E-state index in [1.807, 2.05) is 0 Å². The van der Waals surface area contributed by atoms with Gasteiger partial charge in [0, 0.05) is 17.2 Å². The second-order valence-corrected chi connectivity index (χ2v) is 4.79. The van der Waals surface area contributed by atoms with Crippen LogP contribution in [0.4, 0.5) is 4.39 Å². The Morgan fingerprint density at radius 1 is 0.857 bits per heavy atom. The average Bonchev–Trinajstić information content (AvgIpc) is 2.53. The fraction of sp³-hybridized carbons (Fsp3) is 0.250. The molecule has 1 atom stereocenters. The van der Waals surface area contributed by atoms with Gasteiger partial charge in [0.25, 0.3) is 0 Å². The average molecular weight is 311 g/mol. The quantitative estimate of drug-likeness (QED) is 0.775. The lowest BCUT2D eigenvalue weighted by atomic mass is 10.0. The minimum Gasteiger partial charge on any atom is -0.497 e. The van der Waals surface area contributed by atoms with E-state index < -0.39 is 11.2 Å². The lowest BCUT2D eigenvalue weighted by Crippen LogP contribution is -2.01. The molecule has 0 aliphatic carbocycles. The highest BCUT2D eigenvalue weighted by atomic mass is 35.5. The smallest absolute Gasteiger partial charge is 0.131 e. The summed E-state index contributed by atoms with van der Waals surface area (Å²) in [6, 6.07) is 9.81. The Bertz CT molecular complexity index is 631. The molecule has 3 nitrogen and oxygen atoms in total. The predicted octanol–water partition coefficient (Wildman–Crippen LogP) is 4.18. The summed E-state index contributed by atoms with van der Waals surface area (Å²) in [4.78, 5) is 0. The van der Waals surface area contributed by atoms with Crippen molar-refractivity contribution in [3.05, 3.63) is 53.3 Å². The first-order valence-electron chi connectivity index (χ1n) is 6.30. The third-order valence-corrected chi connectivity index (χ3v) is 3.66. The normalized spacial score (nSPS) is 11.9. The van der Waals surface area contributed by atoms with Crippen molar-refractivity contribution in [2.75, 3.05) is 21.3 Å². The molecule has 0 aliphatic heterocycles. The van der Waals surface area contributed by atoms with Crippen LogP contribution >= 0.6 is 11.6 Å². The molecule has 0 saturated carbocycles. The van der Waals surface area contributed by atoms with Gasteiger partial charge in [0.15, 0.2) is 0 Å². The van der Waals surface area contributed by atoms with Crippen LogP contribution in [0, 0.1) is 5.82 Å². The van der Waals surface area contributed by atoms with Gasteiger partial charge in [-0.3, -0.25) is 0 Å². The summed E-state index contributed by atoms with van der Waals surface area (Å²) in [5.74, 6) is 1.22. The zero-order valence-corrected chi connectivity index (χ0v) is 12.8. The maximum atomic E-state index is 14.2. The van der Waals surface area contributed by atoms with Gasteiger partial charge in [-0.05, 0) is 24.3 Å². The standard InChI is InChI=1S/C16H16ClFO3/c1-19-10-5-7-15(21-3)13(8-10)16(17)12-6-4-11(20-2)9-14(12)18/h4-9,16H,1-3H3. The van der Waals surface area contributed by atoms with Crippen molar-refractivity contribution in [1.82, 2.24) is 0 Å². The number of methoxy groups -OCH3 is 3. The van der Waals surface area contributed by atoms with E-state index >= 15 is 0 Å². The summed E-state index contributed by atoms with van der Waals surface area (Å²) in [6.45, 7) is 0. The summed E-state index contributed by atoms with van der Waals surface area (Å²) in [5, 5.41) is -0.694. The van der Waals surface area contributed by atoms with Gasteiger partial charge >= 0.3 is 0 Å². The molecule has 0 bridgehead atoms. The molecule has 2 rings (SSSR count). The molecule has 0 radical (unpaired) electrons. The first-order chi connectivity index (χ1) is 10.1. The molecule has 0 aromatic heterocycles. The van der Waals surface area contributed by atoms with Gasteiger partial charge in [-0.2, -0.15) is 0 Å². The van der Waals surface area contributed by atoms with E-state index in [4.69, 9.17) is 25.8 Å². The largest absolute Gasteiger partial charge is 0.497 e. The molecule has 21 heavy (non-hydrogen) atoms. The molecule has 0 spiro atoms. The lowest BCUT2D eigenvalue weighted by molar-refractivity contribution is 0.398. The molecule has 0 aliphatic rings. The van der Waals surface area contributed by atoms with Crippen LogP contribution in [-0.4, -0.2) is 21.3 Å². The third-order valence-electron chi connectivity index (χ3n) is 3.19. The Balaban J connectivity index is 2.45. The zero-order valence-electron chi connectivity index (χ0n) is 12.0. The van der Waals surface area contributed by atoms with Crippen molar-refractivity contribution in [3.63, 3.8) is 0 Å². The summed E-state index contributed by atoms with van der Waals surface area (Å²) >= 11 is 6.43. The number of benzene rings is 2. The van der Waals surface area contributed by atoms with E-state index in [1.54, 1.807) is 44.6 Å². The first-order valence-corrected chi connectivity index (χ1v) is 6.73. The van der Waals surface area contributed by atoms with Crippen LogP contribution in [0.1, 0.15) is 16.5 Å². The molecule has 0 saturated heterocycles. The van der Waals surface area contributed by atoms with Crippen LogP contribution in [0.15, 0.2) is 36.4 Å². The highest BCUT2D eigenvalue weighted by Gasteiger charge is 2.20. The zero-order chi connectivity index (χ0) is 15.4. The number of alkyl halides is 1. The fourth-order valence-electron chi connectivity index (χ4n) is 2.05. The second kappa shape index (κ2) is 6.68. The van der Waals surface area contributed by atoms with Gasteiger partial charge in [-0.15, -0.1) is 11.6 Å². The molecule has 0 heterocycles. The van der Waals surface area contributed by atoms with Crippen molar-refractivity contribution in [2.45, 2.75) is 5.38 Å². The van der Waals surface area contributed by atoms with Crippen molar-refractivity contribution in [2.24, 2.45) is 0 Å². The Morgan fingerprint density at radius 3 is 2.05 bits per heavy atom. The number of hydrogen-bond acceptors (Lipinski definition) is 3. The van der Waals surface area contributed by atoms with Gasteiger partial charge in [0.05, 0.1) is 26.7 Å². The van der Waals surface area contributed by atoms with E-state index in [0.29, 0.717) is 28.4 Å². The molecule has 2 aromatic rings. The maximum absolute atomic E-state index is 14.2. The maximum Gasteiger partial charge on any atom is 0.131 e. The summed E-state index contributed by atoms with van der Waals surface area (Å²) in [7, 11) is 4.58. The summed E-state index contributed by atoms with van der Waals surface area (Å²) < 4.78 is 29.6. The van der Waals surface area contributed by atoms with Crippen LogP contribution in [0.5, 0.6) is 17.2 Å². The number of rotatable bonds is 5. The summed E-state index contributed by atoms with van der Waals surface area (Å²) in [6.07, 6.45) is 0. The molecule has 1 unspecified atom stereocenters. The molecule has 0 fully saturated rings. The molecular weight excluding hydrogens is 295 g/mol. The first kappa shape index (κ1) is 15.4. The van der Waals surface area contributed by atoms with Gasteiger partial charge in [0.1, 0.15) is 23.1 Å². The number of halogens is 2. The second-order valence-electron chi connectivity index (χ2n) is 4.36. The van der Waals surface area contributed by atoms with Gasteiger partial charge in [0.2, 0.25) is 0 Å². The van der Waals surface area contributed by atoms with Crippen LogP contribution < -0.4 is 14.2 Å². The monoisotopic (exact) mass is 310 g/mol. The molecule has 0 N–H and O–H groups in total. The SMILES string of the molecule is COc1ccc(C(Cl)c2cc(OC)ccc2OC)c(F)c1. The molecule has 2 aromatic carbocycles. The Hall–Kier alpha value is -1.94. The third kappa shape index (κ3) is 3.22. The minimum absolute atomic E-state index is 0.351.